The molecule has 0 saturated heterocycles. The number of hydrogen-bond acceptors (Lipinski definition) is 4. The monoisotopic (exact) mass is 311 g/mol. The van der Waals surface area contributed by atoms with Crippen LogP contribution in [0.25, 0.3) is 0 Å². The highest BCUT2D eigenvalue weighted by Gasteiger charge is 2.26. The van der Waals surface area contributed by atoms with E-state index in [4.69, 9.17) is 16.3 Å². The summed E-state index contributed by atoms with van der Waals surface area (Å²) in [5.41, 5.74) is 1.40. The van der Waals surface area contributed by atoms with Crippen LogP contribution in [0, 0.1) is 5.92 Å². The Kier molecular flexibility index (Phi) is 5.62. The summed E-state index contributed by atoms with van der Waals surface area (Å²) in [6.45, 7) is 1.48. The molecular formula is C16H22ClNO3. The third kappa shape index (κ3) is 4.19. The van der Waals surface area contributed by atoms with Gasteiger partial charge in [0.1, 0.15) is 0 Å². The van der Waals surface area contributed by atoms with E-state index in [2.05, 4.69) is 4.90 Å². The van der Waals surface area contributed by atoms with E-state index in [0.29, 0.717) is 23.0 Å². The highest BCUT2D eigenvalue weighted by Crippen LogP contribution is 2.27. The molecule has 1 N–H and O–H groups in total. The Morgan fingerprint density at radius 3 is 2.86 bits per heavy atom. The number of methoxy groups -OCH3 is 1. The zero-order valence-corrected chi connectivity index (χ0v) is 13.3. The Bertz CT molecular complexity index is 506. The number of hydrogen-bond donors (Lipinski definition) is 1. The summed E-state index contributed by atoms with van der Waals surface area (Å²) in [7, 11) is 3.37. The van der Waals surface area contributed by atoms with Gasteiger partial charge in [0.15, 0.2) is 0 Å². The highest BCUT2D eigenvalue weighted by atomic mass is 35.5. The quantitative estimate of drug-likeness (QED) is 0.850. The maximum atomic E-state index is 11.6. The van der Waals surface area contributed by atoms with Gasteiger partial charge in [-0.1, -0.05) is 18.0 Å². The van der Waals surface area contributed by atoms with Gasteiger partial charge in [-0.05, 0) is 49.6 Å². The summed E-state index contributed by atoms with van der Waals surface area (Å²) in [5, 5.41) is 10.5. The zero-order chi connectivity index (χ0) is 15.4. The fraction of sp³-hybridized carbons (Fsp3) is 0.562. The van der Waals surface area contributed by atoms with E-state index in [1.165, 1.54) is 7.11 Å². The summed E-state index contributed by atoms with van der Waals surface area (Å²) < 4.78 is 4.73. The maximum Gasteiger partial charge on any atom is 0.337 e. The van der Waals surface area contributed by atoms with Crippen LogP contribution in [0.4, 0.5) is 0 Å². The molecular weight excluding hydrogens is 290 g/mol. The molecule has 2 rings (SSSR count). The van der Waals surface area contributed by atoms with Crippen molar-refractivity contribution in [3.8, 4) is 0 Å². The maximum absolute atomic E-state index is 11.6. The molecule has 0 aromatic heterocycles. The Morgan fingerprint density at radius 2 is 2.24 bits per heavy atom. The summed E-state index contributed by atoms with van der Waals surface area (Å²) in [4.78, 5) is 13.7. The number of aliphatic hydroxyl groups excluding tert-OH is 1. The Hall–Kier alpha value is -1.10. The van der Waals surface area contributed by atoms with Crippen molar-refractivity contribution in [3.05, 3.63) is 34.3 Å². The van der Waals surface area contributed by atoms with E-state index in [0.717, 1.165) is 31.4 Å². The summed E-state index contributed by atoms with van der Waals surface area (Å²) in [6, 6.07) is 5.16. The van der Waals surface area contributed by atoms with Gasteiger partial charge in [0.2, 0.25) is 0 Å². The van der Waals surface area contributed by atoms with Gasteiger partial charge in [-0.25, -0.2) is 4.79 Å². The molecule has 2 unspecified atom stereocenters. The largest absolute Gasteiger partial charge is 0.465 e. The smallest absolute Gasteiger partial charge is 0.337 e. The minimum absolute atomic E-state index is 0.190. The number of ether oxygens (including phenoxy) is 1. The lowest BCUT2D eigenvalue weighted by molar-refractivity contribution is 0.0600. The number of rotatable bonds is 5. The molecule has 1 aliphatic carbocycles. The van der Waals surface area contributed by atoms with Crippen LogP contribution in [-0.2, 0) is 11.3 Å². The van der Waals surface area contributed by atoms with Crippen molar-refractivity contribution >= 4 is 17.6 Å². The molecule has 1 aromatic rings. The van der Waals surface area contributed by atoms with Gasteiger partial charge in [0.05, 0.1) is 18.8 Å². The van der Waals surface area contributed by atoms with Crippen LogP contribution in [0.5, 0.6) is 0 Å². The molecule has 0 amide bonds. The molecule has 4 nitrogen and oxygen atoms in total. The zero-order valence-electron chi connectivity index (χ0n) is 12.5. The number of benzene rings is 1. The van der Waals surface area contributed by atoms with Gasteiger partial charge in [0.25, 0.3) is 0 Å². The van der Waals surface area contributed by atoms with Crippen LogP contribution < -0.4 is 0 Å². The highest BCUT2D eigenvalue weighted by molar-refractivity contribution is 6.31. The van der Waals surface area contributed by atoms with Gasteiger partial charge in [0, 0.05) is 18.1 Å². The molecule has 1 aromatic carbocycles. The SMILES string of the molecule is COC(=O)c1ccc(Cl)c(CN(C)CC2CCCC2O)c1. The average molecular weight is 312 g/mol. The standard InChI is InChI=1S/C16H22ClNO3/c1-18(9-12-4-3-5-15(12)19)10-13-8-11(16(20)21-2)6-7-14(13)17/h6-8,12,15,19H,3-5,9-10H2,1-2H3. The predicted molar refractivity (Wildman–Crippen MR) is 82.5 cm³/mol. The Balaban J connectivity index is 2.02. The lowest BCUT2D eigenvalue weighted by atomic mass is 10.0. The van der Waals surface area contributed by atoms with E-state index in [1.54, 1.807) is 18.2 Å². The van der Waals surface area contributed by atoms with Crippen molar-refractivity contribution in [2.45, 2.75) is 31.9 Å². The van der Waals surface area contributed by atoms with Gasteiger partial charge in [-0.3, -0.25) is 0 Å². The van der Waals surface area contributed by atoms with Gasteiger partial charge >= 0.3 is 5.97 Å². The van der Waals surface area contributed by atoms with Gasteiger partial charge in [-0.2, -0.15) is 0 Å². The first-order valence-electron chi connectivity index (χ1n) is 7.24. The van der Waals surface area contributed by atoms with Crippen molar-refractivity contribution in [1.82, 2.24) is 4.90 Å². The van der Waals surface area contributed by atoms with Crippen molar-refractivity contribution in [3.63, 3.8) is 0 Å². The molecule has 2 atom stereocenters. The third-order valence-electron chi connectivity index (χ3n) is 4.07. The van der Waals surface area contributed by atoms with Crippen LogP contribution >= 0.6 is 11.6 Å². The minimum atomic E-state index is -0.359. The summed E-state index contributed by atoms with van der Waals surface area (Å²) in [6.07, 6.45) is 2.88. The molecule has 5 heteroatoms. The lowest BCUT2D eigenvalue weighted by Gasteiger charge is -2.23. The molecule has 1 saturated carbocycles. The number of esters is 1. The first kappa shape index (κ1) is 16.3. The predicted octanol–water partition coefficient (Wildman–Crippen LogP) is 2.72. The fourth-order valence-corrected chi connectivity index (χ4v) is 3.10. The first-order chi connectivity index (χ1) is 10.0. The number of nitrogens with zero attached hydrogens (tertiary/aromatic N) is 1. The second-order valence-corrected chi connectivity index (χ2v) is 6.16. The van der Waals surface area contributed by atoms with Crippen molar-refractivity contribution in [1.29, 1.82) is 0 Å². The van der Waals surface area contributed by atoms with Crippen LogP contribution in [0.2, 0.25) is 5.02 Å². The van der Waals surface area contributed by atoms with Crippen LogP contribution in [0.1, 0.15) is 35.2 Å². The van der Waals surface area contributed by atoms with Crippen LogP contribution in [0.15, 0.2) is 18.2 Å². The molecule has 0 radical (unpaired) electrons. The number of carbonyl (C=O) groups excluding carboxylic acids is 1. The number of carbonyl (C=O) groups is 1. The minimum Gasteiger partial charge on any atom is -0.465 e. The third-order valence-corrected chi connectivity index (χ3v) is 4.44. The second kappa shape index (κ2) is 7.25. The molecule has 1 aliphatic rings. The first-order valence-corrected chi connectivity index (χ1v) is 7.62. The summed E-state index contributed by atoms with van der Waals surface area (Å²) in [5.74, 6) is -0.0284. The van der Waals surface area contributed by atoms with E-state index in [1.807, 2.05) is 7.05 Å². The molecule has 21 heavy (non-hydrogen) atoms. The number of aliphatic hydroxyl groups is 1. The lowest BCUT2D eigenvalue weighted by Crippen LogP contribution is -2.29. The van der Waals surface area contributed by atoms with E-state index in [9.17, 15) is 9.90 Å². The molecule has 0 aliphatic heterocycles. The second-order valence-electron chi connectivity index (χ2n) is 5.75. The van der Waals surface area contributed by atoms with Gasteiger partial charge in [-0.15, -0.1) is 0 Å². The van der Waals surface area contributed by atoms with Crippen molar-refractivity contribution in [2.24, 2.45) is 5.92 Å². The Morgan fingerprint density at radius 1 is 1.48 bits per heavy atom. The van der Waals surface area contributed by atoms with E-state index in [-0.39, 0.29) is 12.1 Å². The average Bonchev–Trinajstić information content (AvgIpc) is 2.85. The molecule has 0 heterocycles. The molecule has 0 bridgehead atoms. The normalized spacial score (nSPS) is 21.8. The van der Waals surface area contributed by atoms with E-state index < -0.39 is 0 Å². The topological polar surface area (TPSA) is 49.8 Å². The molecule has 116 valence electrons. The molecule has 1 fully saturated rings. The van der Waals surface area contributed by atoms with Crippen LogP contribution in [-0.4, -0.2) is 42.8 Å². The number of halogens is 1. The summed E-state index contributed by atoms with van der Waals surface area (Å²) >= 11 is 6.21. The van der Waals surface area contributed by atoms with Crippen LogP contribution in [0.3, 0.4) is 0 Å². The van der Waals surface area contributed by atoms with Crippen molar-refractivity contribution in [2.75, 3.05) is 20.7 Å². The Labute approximate surface area is 130 Å². The van der Waals surface area contributed by atoms with Crippen molar-refractivity contribution < 1.29 is 14.6 Å². The van der Waals surface area contributed by atoms with E-state index >= 15 is 0 Å². The fourth-order valence-electron chi connectivity index (χ4n) is 2.93. The molecule has 0 spiro atoms. The van der Waals surface area contributed by atoms with Gasteiger partial charge < -0.3 is 14.7 Å².